The van der Waals surface area contributed by atoms with Crippen molar-refractivity contribution in [1.82, 2.24) is 16.0 Å². The van der Waals surface area contributed by atoms with Crippen LogP contribution < -0.4 is 20.7 Å². The molecule has 0 radical (unpaired) electrons. The second-order valence-electron chi connectivity index (χ2n) is 10.2. The second-order valence-corrected chi connectivity index (χ2v) is 11.9. The van der Waals surface area contributed by atoms with Crippen LogP contribution in [0.25, 0.3) is 0 Å². The topological polar surface area (TPSA) is 160 Å². The molecule has 0 aromatic heterocycles. The SMILES string of the molecule is C.C.C=CCNC(=O)C1NCSC1(C)C.CC(=O)Oc1cccc(C(=O)NC(Cc2ccccc2)[C@H](OC(C)=O)C(=O)O)c1C. The number of esters is 2. The number of benzene rings is 2. The van der Waals surface area contributed by atoms with E-state index in [0.717, 1.165) is 18.4 Å². The Bertz CT molecular complexity index is 1320. The lowest BCUT2D eigenvalue weighted by molar-refractivity contribution is -0.164. The second kappa shape index (κ2) is 19.3. The van der Waals surface area contributed by atoms with Crippen molar-refractivity contribution in [1.29, 1.82) is 0 Å². The Kier molecular flexibility index (Phi) is 17.5. The molecular weight excluding hydrogens is 598 g/mol. The smallest absolute Gasteiger partial charge is 0.347 e. The van der Waals surface area contributed by atoms with E-state index in [1.165, 1.54) is 13.0 Å². The van der Waals surface area contributed by atoms with Gasteiger partial charge in [-0.1, -0.05) is 57.3 Å². The lowest BCUT2D eigenvalue weighted by Gasteiger charge is -2.25. The molecule has 1 aliphatic heterocycles. The number of carbonyl (C=O) groups is 5. The first-order valence-electron chi connectivity index (χ1n) is 13.6. The van der Waals surface area contributed by atoms with E-state index in [4.69, 9.17) is 9.47 Å². The fourth-order valence-electron chi connectivity index (χ4n) is 4.28. The third kappa shape index (κ3) is 12.8. The molecule has 1 fully saturated rings. The van der Waals surface area contributed by atoms with Gasteiger partial charge in [0.2, 0.25) is 12.0 Å². The molecule has 11 nitrogen and oxygen atoms in total. The Balaban J connectivity index is 0.00000109. The van der Waals surface area contributed by atoms with Crippen molar-refractivity contribution in [2.45, 2.75) is 78.8 Å². The summed E-state index contributed by atoms with van der Waals surface area (Å²) < 4.78 is 10.1. The molecule has 3 rings (SSSR count). The summed E-state index contributed by atoms with van der Waals surface area (Å²) in [5, 5.41) is 18.2. The summed E-state index contributed by atoms with van der Waals surface area (Å²) in [4.78, 5) is 58.9. The van der Waals surface area contributed by atoms with E-state index in [-0.39, 0.29) is 49.3 Å². The first-order valence-corrected chi connectivity index (χ1v) is 14.5. The van der Waals surface area contributed by atoms with Gasteiger partial charge in [-0.25, -0.2) is 4.79 Å². The monoisotopic (exact) mass is 645 g/mol. The summed E-state index contributed by atoms with van der Waals surface area (Å²) in [6, 6.07) is 12.4. The third-order valence-corrected chi connectivity index (χ3v) is 7.70. The first kappa shape index (κ1) is 40.8. The zero-order chi connectivity index (χ0) is 32.2. The summed E-state index contributed by atoms with van der Waals surface area (Å²) in [6.07, 6.45) is 0.232. The Morgan fingerprint density at radius 2 is 1.71 bits per heavy atom. The van der Waals surface area contributed by atoms with Gasteiger partial charge in [-0.15, -0.1) is 18.3 Å². The van der Waals surface area contributed by atoms with Gasteiger partial charge in [0.25, 0.3) is 5.91 Å². The van der Waals surface area contributed by atoms with Gasteiger partial charge in [0.1, 0.15) is 11.8 Å². The fourth-order valence-corrected chi connectivity index (χ4v) is 5.26. The predicted molar refractivity (Wildman–Crippen MR) is 177 cm³/mol. The molecule has 12 heteroatoms. The standard InChI is InChI=1S/C22H23NO7.C9H16N2OS.2CH4/c1-13-17(10-7-11-19(13)29-14(2)24)21(26)23-18(12-16-8-5-4-6-9-16)20(22(27)28)30-15(3)25;1-4-5-10-8(12)7-9(2,3)13-6-11-7;;/h4-11,18,20H,12H2,1-3H3,(H,23,26)(H,27,28);4,7,11H,1,5-6H2,2-3H3,(H,10,12);2*1H4/t18?,20-;;;/m0.../s1. The quantitative estimate of drug-likeness (QED) is 0.158. The average Bonchev–Trinajstić information content (AvgIpc) is 3.30. The maximum absolute atomic E-state index is 12.9. The van der Waals surface area contributed by atoms with Crippen molar-refractivity contribution < 1.29 is 38.6 Å². The Hall–Kier alpha value is -4.16. The molecular formula is C33H47N3O8S. The number of hydrogen-bond acceptors (Lipinski definition) is 9. The minimum atomic E-state index is -1.58. The van der Waals surface area contributed by atoms with Gasteiger partial charge in [0.15, 0.2) is 0 Å². The van der Waals surface area contributed by atoms with Crippen molar-refractivity contribution in [3.63, 3.8) is 0 Å². The van der Waals surface area contributed by atoms with Crippen LogP contribution in [0.15, 0.2) is 61.2 Å². The van der Waals surface area contributed by atoms with Crippen LogP contribution in [-0.2, 0) is 30.3 Å². The molecule has 1 saturated heterocycles. The van der Waals surface area contributed by atoms with Crippen LogP contribution in [0.2, 0.25) is 0 Å². The fraction of sp³-hybridized carbons (Fsp3) is 0.424. The third-order valence-electron chi connectivity index (χ3n) is 6.41. The van der Waals surface area contributed by atoms with E-state index < -0.39 is 36.0 Å². The molecule has 2 amide bonds. The summed E-state index contributed by atoms with van der Waals surface area (Å²) >= 11 is 1.77. The normalized spacial score (nSPS) is 15.6. The van der Waals surface area contributed by atoms with Crippen LogP contribution >= 0.6 is 11.8 Å². The highest BCUT2D eigenvalue weighted by atomic mass is 32.2. The van der Waals surface area contributed by atoms with Crippen LogP contribution in [0, 0.1) is 6.92 Å². The lowest BCUT2D eigenvalue weighted by atomic mass is 9.99. The number of aliphatic carboxylic acids is 1. The number of thioether (sulfide) groups is 1. The molecule has 2 aromatic carbocycles. The number of ether oxygens (including phenoxy) is 2. The van der Waals surface area contributed by atoms with Gasteiger partial charge in [-0.05, 0) is 44.9 Å². The van der Waals surface area contributed by atoms with Crippen LogP contribution in [0.3, 0.4) is 0 Å². The van der Waals surface area contributed by atoms with Gasteiger partial charge < -0.3 is 25.2 Å². The van der Waals surface area contributed by atoms with Crippen LogP contribution in [0.1, 0.15) is 64.0 Å². The molecule has 0 aliphatic carbocycles. The molecule has 2 aromatic rings. The highest BCUT2D eigenvalue weighted by Crippen LogP contribution is 2.32. The molecule has 2 unspecified atom stereocenters. The molecule has 248 valence electrons. The van der Waals surface area contributed by atoms with E-state index in [1.807, 2.05) is 6.07 Å². The summed E-state index contributed by atoms with van der Waals surface area (Å²) in [5.41, 5.74) is 1.38. The number of carbonyl (C=O) groups excluding carboxylic acids is 4. The highest BCUT2D eigenvalue weighted by molar-refractivity contribution is 8.00. The average molecular weight is 646 g/mol. The molecule has 1 heterocycles. The van der Waals surface area contributed by atoms with E-state index in [2.05, 4.69) is 36.4 Å². The van der Waals surface area contributed by atoms with Gasteiger partial charge in [0.05, 0.1) is 6.04 Å². The van der Waals surface area contributed by atoms with Crippen molar-refractivity contribution in [2.75, 3.05) is 12.4 Å². The minimum absolute atomic E-state index is 0. The van der Waals surface area contributed by atoms with Crippen molar-refractivity contribution in [2.24, 2.45) is 0 Å². The predicted octanol–water partition coefficient (Wildman–Crippen LogP) is 4.28. The molecule has 4 N–H and O–H groups in total. The number of amides is 2. The van der Waals surface area contributed by atoms with E-state index in [9.17, 15) is 29.1 Å². The zero-order valence-electron chi connectivity index (χ0n) is 25.0. The van der Waals surface area contributed by atoms with Gasteiger partial charge in [-0.3, -0.25) is 24.5 Å². The number of nitrogens with one attached hydrogen (secondary N) is 3. The Morgan fingerprint density at radius 3 is 2.22 bits per heavy atom. The van der Waals surface area contributed by atoms with E-state index in [1.54, 1.807) is 61.2 Å². The minimum Gasteiger partial charge on any atom is -0.478 e. The number of hydrogen-bond donors (Lipinski definition) is 4. The van der Waals surface area contributed by atoms with Gasteiger partial charge in [0, 0.05) is 42.1 Å². The van der Waals surface area contributed by atoms with Crippen LogP contribution in [0.5, 0.6) is 5.75 Å². The maximum atomic E-state index is 12.9. The zero-order valence-corrected chi connectivity index (χ0v) is 25.8. The van der Waals surface area contributed by atoms with E-state index >= 15 is 0 Å². The van der Waals surface area contributed by atoms with Crippen LogP contribution in [0.4, 0.5) is 0 Å². The molecule has 0 bridgehead atoms. The maximum Gasteiger partial charge on any atom is 0.347 e. The van der Waals surface area contributed by atoms with Gasteiger partial charge >= 0.3 is 17.9 Å². The van der Waals surface area contributed by atoms with Crippen molar-refractivity contribution in [3.05, 3.63) is 77.9 Å². The Labute approximate surface area is 270 Å². The molecule has 1 aliphatic rings. The molecule has 45 heavy (non-hydrogen) atoms. The summed E-state index contributed by atoms with van der Waals surface area (Å²) in [5.74, 6) is -2.13. The number of rotatable bonds is 11. The lowest BCUT2D eigenvalue weighted by Crippen LogP contribution is -2.50. The van der Waals surface area contributed by atoms with Gasteiger partial charge in [-0.2, -0.15) is 0 Å². The largest absolute Gasteiger partial charge is 0.478 e. The van der Waals surface area contributed by atoms with Crippen molar-refractivity contribution in [3.8, 4) is 5.75 Å². The summed E-state index contributed by atoms with van der Waals surface area (Å²) in [7, 11) is 0. The van der Waals surface area contributed by atoms with Crippen LogP contribution in [-0.4, -0.2) is 70.2 Å². The summed E-state index contributed by atoms with van der Waals surface area (Å²) in [6.45, 7) is 12.2. The number of carboxylic acid groups (broad SMARTS) is 1. The van der Waals surface area contributed by atoms with E-state index in [0.29, 0.717) is 12.1 Å². The Morgan fingerprint density at radius 1 is 1.07 bits per heavy atom. The molecule has 0 spiro atoms. The first-order chi connectivity index (χ1) is 20.3. The highest BCUT2D eigenvalue weighted by Gasteiger charge is 2.39. The molecule has 0 saturated carbocycles. The van der Waals surface area contributed by atoms with Crippen molar-refractivity contribution >= 4 is 41.5 Å². The number of carboxylic acids is 1. The molecule has 3 atom stereocenters.